The van der Waals surface area contributed by atoms with Crippen molar-refractivity contribution in [3.63, 3.8) is 0 Å². The Bertz CT molecular complexity index is 1650. The minimum atomic E-state index is -5.17. The maximum Gasteiger partial charge on any atom is 1.00 e. The second-order valence-corrected chi connectivity index (χ2v) is 11.2. The van der Waals surface area contributed by atoms with Crippen LogP contribution in [0.2, 0.25) is 0 Å². The molecular formula is C23H19N2NaO9S2. The number of nitrogens with one attached hydrogen (secondary N) is 1. The average molecular weight is 555 g/mol. The Hall–Kier alpha value is -2.78. The number of aliphatic hydroxyl groups is 1. The van der Waals surface area contributed by atoms with Gasteiger partial charge < -0.3 is 25.4 Å². The van der Waals surface area contributed by atoms with Crippen LogP contribution in [0.1, 0.15) is 31.8 Å². The number of ether oxygens (including phenoxy) is 1. The van der Waals surface area contributed by atoms with E-state index >= 15 is 0 Å². The summed E-state index contributed by atoms with van der Waals surface area (Å²) in [6.45, 7) is -0.643. The first-order chi connectivity index (χ1) is 16.9. The smallest absolute Gasteiger partial charge is 0.744 e. The summed E-state index contributed by atoms with van der Waals surface area (Å²) in [6.07, 6.45) is 0. The molecule has 0 saturated carbocycles. The van der Waals surface area contributed by atoms with Crippen molar-refractivity contribution < 1.29 is 70.4 Å². The molecule has 1 aliphatic rings. The van der Waals surface area contributed by atoms with Crippen LogP contribution in [0.25, 0.3) is 0 Å². The Kier molecular flexibility index (Phi) is 8.19. The molecule has 188 valence electrons. The number of aliphatic hydroxyl groups excluding tert-OH is 1. The van der Waals surface area contributed by atoms with E-state index in [-0.39, 0.29) is 68.3 Å². The van der Waals surface area contributed by atoms with E-state index in [1.807, 2.05) is 0 Å². The molecular weight excluding hydrogens is 535 g/mol. The fourth-order valence-electron chi connectivity index (χ4n) is 3.98. The number of nitrogens with two attached hydrogens (primary N) is 1. The summed E-state index contributed by atoms with van der Waals surface area (Å²) in [7, 11) is -7.90. The van der Waals surface area contributed by atoms with Gasteiger partial charge in [-0.2, -0.15) is 0 Å². The number of sulfone groups is 1. The molecule has 3 aromatic rings. The molecule has 0 aliphatic heterocycles. The molecule has 4 N–H and O–H groups in total. The number of carbonyl (C=O) groups excluding carboxylic acids is 2. The molecule has 0 aromatic heterocycles. The summed E-state index contributed by atoms with van der Waals surface area (Å²) < 4.78 is 66.1. The van der Waals surface area contributed by atoms with E-state index in [1.165, 1.54) is 37.4 Å². The number of methoxy groups -OCH3 is 1. The van der Waals surface area contributed by atoms with Crippen LogP contribution in [0.4, 0.5) is 17.1 Å². The van der Waals surface area contributed by atoms with E-state index in [4.69, 9.17) is 15.6 Å². The molecule has 0 saturated heterocycles. The normalized spacial score (nSPS) is 12.8. The number of nitrogen functional groups attached to an aromatic ring is 1. The van der Waals surface area contributed by atoms with Gasteiger partial charge in [-0.15, -0.1) is 0 Å². The maximum atomic E-state index is 13.4. The zero-order chi connectivity index (χ0) is 26.4. The summed E-state index contributed by atoms with van der Waals surface area (Å²) in [4.78, 5) is 25.4. The van der Waals surface area contributed by atoms with Crippen LogP contribution in [0.5, 0.6) is 5.75 Å². The van der Waals surface area contributed by atoms with Gasteiger partial charge in [0.25, 0.3) is 0 Å². The molecule has 37 heavy (non-hydrogen) atoms. The molecule has 4 rings (SSSR count). The second-order valence-electron chi connectivity index (χ2n) is 7.78. The SMILES string of the molecule is COc1ccc(Nc2cc(S(=O)(=O)[O-])c(N)c3c2C(=O)c2ccccc2C3=O)cc1S(=O)(=O)CCO.[Na+]. The summed E-state index contributed by atoms with van der Waals surface area (Å²) in [5.41, 5.74) is 4.42. The van der Waals surface area contributed by atoms with Crippen LogP contribution in [0, 0.1) is 0 Å². The zero-order valence-corrected chi connectivity index (χ0v) is 23.3. The zero-order valence-electron chi connectivity index (χ0n) is 19.6. The van der Waals surface area contributed by atoms with Crippen LogP contribution in [0.3, 0.4) is 0 Å². The van der Waals surface area contributed by atoms with Crippen molar-refractivity contribution in [2.75, 3.05) is 30.5 Å². The predicted octanol–water partition coefficient (Wildman–Crippen LogP) is -1.53. The Morgan fingerprint density at radius 1 is 0.946 bits per heavy atom. The molecule has 3 aromatic carbocycles. The van der Waals surface area contributed by atoms with Crippen molar-refractivity contribution >= 4 is 48.6 Å². The molecule has 0 bridgehead atoms. The third-order valence-corrected chi connectivity index (χ3v) is 8.19. The van der Waals surface area contributed by atoms with Crippen LogP contribution < -0.4 is 45.3 Å². The molecule has 0 atom stereocenters. The van der Waals surface area contributed by atoms with Crippen molar-refractivity contribution in [1.82, 2.24) is 0 Å². The summed E-state index contributed by atoms with van der Waals surface area (Å²) in [5.74, 6) is -2.00. The van der Waals surface area contributed by atoms with Gasteiger partial charge in [0, 0.05) is 16.8 Å². The Morgan fingerprint density at radius 3 is 2.08 bits per heavy atom. The average Bonchev–Trinajstić information content (AvgIpc) is 2.82. The number of carbonyl (C=O) groups is 2. The molecule has 11 nitrogen and oxygen atoms in total. The predicted molar refractivity (Wildman–Crippen MR) is 128 cm³/mol. The number of rotatable bonds is 7. The van der Waals surface area contributed by atoms with Gasteiger partial charge in [0.05, 0.1) is 46.9 Å². The van der Waals surface area contributed by atoms with Crippen molar-refractivity contribution in [2.45, 2.75) is 9.79 Å². The molecule has 14 heteroatoms. The number of hydrogen-bond donors (Lipinski definition) is 3. The number of hydrogen-bond acceptors (Lipinski definition) is 11. The first-order valence-corrected chi connectivity index (χ1v) is 13.4. The van der Waals surface area contributed by atoms with E-state index in [2.05, 4.69) is 5.32 Å². The largest absolute Gasteiger partial charge is 1.00 e. The van der Waals surface area contributed by atoms with Gasteiger partial charge in [-0.1, -0.05) is 24.3 Å². The molecule has 0 spiro atoms. The molecule has 0 heterocycles. The fraction of sp³-hybridized carbons (Fsp3) is 0.130. The third-order valence-electron chi connectivity index (χ3n) is 5.61. The minimum Gasteiger partial charge on any atom is -0.744 e. The van der Waals surface area contributed by atoms with Gasteiger partial charge in [-0.05, 0) is 24.3 Å². The van der Waals surface area contributed by atoms with E-state index < -0.39 is 60.0 Å². The Labute approximate surface area is 234 Å². The quantitative estimate of drug-likeness (QED) is 0.136. The summed E-state index contributed by atoms with van der Waals surface area (Å²) >= 11 is 0. The van der Waals surface area contributed by atoms with Crippen LogP contribution in [-0.4, -0.2) is 57.5 Å². The van der Waals surface area contributed by atoms with Gasteiger partial charge >= 0.3 is 29.6 Å². The third kappa shape index (κ3) is 5.16. The number of benzene rings is 3. The van der Waals surface area contributed by atoms with Crippen LogP contribution in [0.15, 0.2) is 58.3 Å². The fourth-order valence-corrected chi connectivity index (χ4v) is 5.84. The molecule has 0 amide bonds. The van der Waals surface area contributed by atoms with Gasteiger partial charge in [-0.3, -0.25) is 9.59 Å². The molecule has 0 unspecified atom stereocenters. The maximum absolute atomic E-state index is 13.4. The van der Waals surface area contributed by atoms with Gasteiger partial charge in [0.15, 0.2) is 21.4 Å². The number of fused-ring (bicyclic) bond motifs is 2. The van der Waals surface area contributed by atoms with Crippen LogP contribution in [-0.2, 0) is 20.0 Å². The second kappa shape index (κ2) is 10.5. The van der Waals surface area contributed by atoms with Crippen LogP contribution >= 0.6 is 0 Å². The van der Waals surface area contributed by atoms with Gasteiger partial charge in [0.2, 0.25) is 0 Å². The van der Waals surface area contributed by atoms with Crippen molar-refractivity contribution in [2.24, 2.45) is 0 Å². The van der Waals surface area contributed by atoms with Crippen molar-refractivity contribution in [3.8, 4) is 5.75 Å². The Morgan fingerprint density at radius 2 is 1.54 bits per heavy atom. The van der Waals surface area contributed by atoms with E-state index in [9.17, 15) is 31.0 Å². The minimum absolute atomic E-state index is 0. The van der Waals surface area contributed by atoms with E-state index in [1.54, 1.807) is 6.07 Å². The first kappa shape index (κ1) is 28.8. The number of ketones is 2. The van der Waals surface area contributed by atoms with E-state index in [0.29, 0.717) is 0 Å². The van der Waals surface area contributed by atoms with Gasteiger partial charge in [0.1, 0.15) is 20.8 Å². The topological polar surface area (TPSA) is 193 Å². The summed E-state index contributed by atoms with van der Waals surface area (Å²) in [5, 5.41) is 11.9. The van der Waals surface area contributed by atoms with Gasteiger partial charge in [-0.25, -0.2) is 16.8 Å². The standard InChI is InChI=1S/C23H20N2O9S2.Na/c1-34-16-7-6-12(10-17(16)35(29,30)9-8-26)25-15-11-18(36(31,32)33)21(24)20-19(15)22(27)13-4-2-3-5-14(13)23(20)28;/h2-7,10-11,25-26H,8-9,24H2,1H3,(H,31,32,33);/q;+1/p-1. The molecule has 0 fully saturated rings. The summed E-state index contributed by atoms with van der Waals surface area (Å²) in [6, 6.07) is 10.5. The number of anilines is 3. The van der Waals surface area contributed by atoms with Crippen molar-refractivity contribution in [3.05, 3.63) is 70.8 Å². The molecule has 1 aliphatic carbocycles. The Balaban J connectivity index is 0.00000380. The monoisotopic (exact) mass is 554 g/mol. The first-order valence-electron chi connectivity index (χ1n) is 10.3. The molecule has 0 radical (unpaired) electrons. The van der Waals surface area contributed by atoms with E-state index in [0.717, 1.165) is 12.1 Å². The van der Waals surface area contributed by atoms with Crippen molar-refractivity contribution in [1.29, 1.82) is 0 Å².